The summed E-state index contributed by atoms with van der Waals surface area (Å²) < 4.78 is 16.0. The molecule has 0 bridgehead atoms. The Bertz CT molecular complexity index is 985. The van der Waals surface area contributed by atoms with Crippen molar-refractivity contribution in [3.8, 4) is 11.4 Å². The average molecular weight is 411 g/mol. The first-order valence-electron chi connectivity index (χ1n) is 9.80. The number of halogens is 1. The summed E-state index contributed by atoms with van der Waals surface area (Å²) in [4.78, 5) is 15.3. The van der Waals surface area contributed by atoms with Gasteiger partial charge in [0.05, 0.1) is 5.56 Å². The second kappa shape index (κ2) is 8.78. The van der Waals surface area contributed by atoms with Gasteiger partial charge in [-0.15, -0.1) is 10.2 Å². The standard InChI is InChI=1S/C22H23FN4OS/c1-26-20(17-12-6-7-13-18(17)23)24-25-22(26)29-19(16-10-4-2-5-11-16)21(28)27-14-8-3-9-15-27/h2,4-7,10-13,19H,3,8-9,14-15H2,1H3/t19-/m1/s1. The summed E-state index contributed by atoms with van der Waals surface area (Å²) in [7, 11) is 1.80. The maximum absolute atomic E-state index is 14.2. The lowest BCUT2D eigenvalue weighted by Crippen LogP contribution is -2.38. The molecule has 1 amide bonds. The fourth-order valence-electron chi connectivity index (χ4n) is 3.57. The van der Waals surface area contributed by atoms with Crippen LogP contribution in [0, 0.1) is 5.82 Å². The van der Waals surface area contributed by atoms with Crippen LogP contribution < -0.4 is 0 Å². The van der Waals surface area contributed by atoms with Crippen LogP contribution >= 0.6 is 11.8 Å². The highest BCUT2D eigenvalue weighted by Gasteiger charge is 2.30. The van der Waals surface area contributed by atoms with E-state index in [1.54, 1.807) is 29.8 Å². The van der Waals surface area contributed by atoms with Crippen molar-refractivity contribution in [2.24, 2.45) is 7.05 Å². The summed E-state index contributed by atoms with van der Waals surface area (Å²) in [6.07, 6.45) is 3.25. The molecule has 0 saturated carbocycles. The number of carbonyl (C=O) groups is 1. The third kappa shape index (κ3) is 4.19. The van der Waals surface area contributed by atoms with Gasteiger partial charge in [0.1, 0.15) is 11.1 Å². The van der Waals surface area contributed by atoms with Gasteiger partial charge in [-0.2, -0.15) is 0 Å². The number of rotatable bonds is 5. The molecule has 1 aliphatic heterocycles. The fraction of sp³-hybridized carbons (Fsp3) is 0.318. The van der Waals surface area contributed by atoms with Crippen molar-refractivity contribution in [3.63, 3.8) is 0 Å². The van der Waals surface area contributed by atoms with Crippen LogP contribution in [-0.4, -0.2) is 38.7 Å². The minimum absolute atomic E-state index is 0.0938. The van der Waals surface area contributed by atoms with Crippen molar-refractivity contribution in [2.75, 3.05) is 13.1 Å². The molecule has 1 saturated heterocycles. The molecular formula is C22H23FN4OS. The molecule has 1 aromatic heterocycles. The lowest BCUT2D eigenvalue weighted by Gasteiger charge is -2.30. The van der Waals surface area contributed by atoms with Crippen molar-refractivity contribution in [1.29, 1.82) is 0 Å². The second-order valence-electron chi connectivity index (χ2n) is 7.14. The van der Waals surface area contributed by atoms with Gasteiger partial charge in [0.15, 0.2) is 11.0 Å². The van der Waals surface area contributed by atoms with Gasteiger partial charge in [-0.3, -0.25) is 4.79 Å². The molecule has 4 rings (SSSR count). The van der Waals surface area contributed by atoms with Crippen LogP contribution in [0.25, 0.3) is 11.4 Å². The number of hydrogen-bond acceptors (Lipinski definition) is 4. The summed E-state index contributed by atoms with van der Waals surface area (Å²) >= 11 is 1.37. The van der Waals surface area contributed by atoms with Crippen molar-refractivity contribution in [2.45, 2.75) is 29.7 Å². The minimum Gasteiger partial charge on any atom is -0.341 e. The highest BCUT2D eigenvalue weighted by molar-refractivity contribution is 8.00. The number of aromatic nitrogens is 3. The van der Waals surface area contributed by atoms with Crippen molar-refractivity contribution < 1.29 is 9.18 Å². The molecule has 1 fully saturated rings. The first-order chi connectivity index (χ1) is 14.1. The first-order valence-corrected chi connectivity index (χ1v) is 10.7. The molecule has 0 aliphatic carbocycles. The molecule has 0 N–H and O–H groups in total. The number of benzene rings is 2. The molecule has 1 aliphatic rings. The van der Waals surface area contributed by atoms with Crippen LogP contribution in [0.3, 0.4) is 0 Å². The molecular weight excluding hydrogens is 387 g/mol. The maximum atomic E-state index is 14.2. The number of piperidine rings is 1. The summed E-state index contributed by atoms with van der Waals surface area (Å²) in [5, 5.41) is 8.63. The Morgan fingerprint density at radius 2 is 1.69 bits per heavy atom. The summed E-state index contributed by atoms with van der Waals surface area (Å²) in [6, 6.07) is 16.3. The third-order valence-corrected chi connectivity index (χ3v) is 6.44. The molecule has 150 valence electrons. The van der Waals surface area contributed by atoms with Crippen molar-refractivity contribution >= 4 is 17.7 Å². The highest BCUT2D eigenvalue weighted by atomic mass is 32.2. The quantitative estimate of drug-likeness (QED) is 0.583. The number of nitrogens with zero attached hydrogens (tertiary/aromatic N) is 4. The van der Waals surface area contributed by atoms with E-state index in [0.29, 0.717) is 16.5 Å². The molecule has 2 aromatic carbocycles. The summed E-state index contributed by atoms with van der Waals surface area (Å²) in [5.41, 5.74) is 1.33. The smallest absolute Gasteiger partial charge is 0.240 e. The van der Waals surface area contributed by atoms with Gasteiger partial charge in [-0.1, -0.05) is 54.2 Å². The predicted molar refractivity (Wildman–Crippen MR) is 112 cm³/mol. The molecule has 5 nitrogen and oxygen atoms in total. The van der Waals surface area contributed by atoms with Crippen LogP contribution in [0.1, 0.15) is 30.1 Å². The molecule has 29 heavy (non-hydrogen) atoms. The van der Waals surface area contributed by atoms with Crippen molar-refractivity contribution in [1.82, 2.24) is 19.7 Å². The van der Waals surface area contributed by atoms with Gasteiger partial charge >= 0.3 is 0 Å². The zero-order valence-corrected chi connectivity index (χ0v) is 17.1. The van der Waals surface area contributed by atoms with Crippen LogP contribution in [0.2, 0.25) is 0 Å². The SMILES string of the molecule is Cn1c(S[C@@H](C(=O)N2CCCCC2)c2ccccc2)nnc1-c1ccccc1F. The van der Waals surface area contributed by atoms with Crippen LogP contribution in [-0.2, 0) is 11.8 Å². The molecule has 0 spiro atoms. The topological polar surface area (TPSA) is 51.0 Å². The maximum Gasteiger partial charge on any atom is 0.240 e. The Morgan fingerprint density at radius 3 is 2.41 bits per heavy atom. The fourth-order valence-corrected chi connectivity index (χ4v) is 4.66. The van der Waals surface area contributed by atoms with Gasteiger partial charge in [-0.05, 0) is 37.0 Å². The number of amides is 1. The number of thioether (sulfide) groups is 1. The Hall–Kier alpha value is -2.67. The van der Waals surface area contributed by atoms with Crippen LogP contribution in [0.5, 0.6) is 0 Å². The third-order valence-electron chi connectivity index (χ3n) is 5.17. The zero-order valence-electron chi connectivity index (χ0n) is 16.3. The van der Waals surface area contributed by atoms with Crippen molar-refractivity contribution in [3.05, 3.63) is 66.0 Å². The van der Waals surface area contributed by atoms with E-state index in [1.165, 1.54) is 24.2 Å². The average Bonchev–Trinajstić information content (AvgIpc) is 3.13. The second-order valence-corrected chi connectivity index (χ2v) is 8.21. The Labute approximate surface area is 173 Å². The molecule has 0 unspecified atom stereocenters. The molecule has 0 radical (unpaired) electrons. The molecule has 7 heteroatoms. The van der Waals surface area contributed by atoms with Gasteiger partial charge in [0.25, 0.3) is 0 Å². The highest BCUT2D eigenvalue weighted by Crippen LogP contribution is 2.37. The van der Waals surface area contributed by atoms with E-state index in [-0.39, 0.29) is 11.7 Å². The van der Waals surface area contributed by atoms with Gasteiger partial charge in [-0.25, -0.2) is 4.39 Å². The number of hydrogen-bond donors (Lipinski definition) is 0. The van der Waals surface area contributed by atoms with E-state index < -0.39 is 5.25 Å². The Morgan fingerprint density at radius 1 is 1.00 bits per heavy atom. The van der Waals surface area contributed by atoms with Crippen LogP contribution in [0.4, 0.5) is 4.39 Å². The van der Waals surface area contributed by atoms with Gasteiger partial charge in [0, 0.05) is 20.1 Å². The monoisotopic (exact) mass is 410 g/mol. The minimum atomic E-state index is -0.411. The first kappa shape index (κ1) is 19.6. The summed E-state index contributed by atoms with van der Waals surface area (Å²) in [6.45, 7) is 1.59. The van der Waals surface area contributed by atoms with Gasteiger partial charge < -0.3 is 9.47 Å². The lowest BCUT2D eigenvalue weighted by molar-refractivity contribution is -0.131. The van der Waals surface area contributed by atoms with E-state index in [0.717, 1.165) is 31.5 Å². The Balaban J connectivity index is 1.65. The largest absolute Gasteiger partial charge is 0.341 e. The van der Waals surface area contributed by atoms with E-state index in [1.807, 2.05) is 35.2 Å². The van der Waals surface area contributed by atoms with E-state index in [4.69, 9.17) is 0 Å². The van der Waals surface area contributed by atoms with E-state index >= 15 is 0 Å². The Kier molecular flexibility index (Phi) is 5.94. The van der Waals surface area contributed by atoms with Crippen LogP contribution in [0.15, 0.2) is 59.8 Å². The zero-order chi connectivity index (χ0) is 20.2. The number of carbonyl (C=O) groups excluding carboxylic acids is 1. The molecule has 2 heterocycles. The summed E-state index contributed by atoms with van der Waals surface area (Å²) in [5.74, 6) is 0.197. The lowest BCUT2D eigenvalue weighted by atomic mass is 10.1. The normalized spacial score (nSPS) is 15.3. The predicted octanol–water partition coefficient (Wildman–Crippen LogP) is 4.47. The molecule has 1 atom stereocenters. The van der Waals surface area contributed by atoms with E-state index in [2.05, 4.69) is 10.2 Å². The van der Waals surface area contributed by atoms with Gasteiger partial charge in [0.2, 0.25) is 5.91 Å². The molecule has 3 aromatic rings. The van der Waals surface area contributed by atoms with E-state index in [9.17, 15) is 9.18 Å². The number of likely N-dealkylation sites (tertiary alicyclic amines) is 1.